The number of likely N-dealkylation sites (N-methyl/N-ethyl adjacent to an activating group) is 1. The number of fused-ring (bicyclic) bond motifs is 3. The molecule has 2 aliphatic rings. The molecule has 0 unspecified atom stereocenters. The highest BCUT2D eigenvalue weighted by Gasteiger charge is 2.68. The lowest BCUT2D eigenvalue weighted by molar-refractivity contribution is -0.216. The van der Waals surface area contributed by atoms with Crippen molar-refractivity contribution in [2.45, 2.75) is 37.2 Å². The van der Waals surface area contributed by atoms with Crippen LogP contribution in [-0.2, 0) is 15.9 Å². The molecule has 4 rings (SSSR count). The minimum Gasteiger partial charge on any atom is -0.366 e. The second-order valence-electron chi connectivity index (χ2n) is 6.87. The van der Waals surface area contributed by atoms with Crippen molar-refractivity contribution >= 4 is 5.69 Å². The molecule has 3 nitrogen and oxygen atoms in total. The van der Waals surface area contributed by atoms with Gasteiger partial charge in [-0.15, -0.1) is 0 Å². The summed E-state index contributed by atoms with van der Waals surface area (Å²) in [7, 11) is 2.05. The van der Waals surface area contributed by atoms with Gasteiger partial charge in [0.05, 0.1) is 5.41 Å². The fourth-order valence-electron chi connectivity index (χ4n) is 4.60. The summed E-state index contributed by atoms with van der Waals surface area (Å²) >= 11 is 0. The van der Waals surface area contributed by atoms with Crippen molar-refractivity contribution in [1.82, 2.24) is 0 Å². The van der Waals surface area contributed by atoms with Gasteiger partial charge in [0.2, 0.25) is 0 Å². The maximum atomic E-state index is 10.7. The van der Waals surface area contributed by atoms with Gasteiger partial charge < -0.3 is 14.7 Å². The molecular formula is C19H21NO2. The number of benzene rings is 2. The number of hydrogen-bond acceptors (Lipinski definition) is 3. The third-order valence-electron chi connectivity index (χ3n) is 5.29. The molecule has 3 heteroatoms. The lowest BCUT2D eigenvalue weighted by Gasteiger charge is -2.42. The van der Waals surface area contributed by atoms with E-state index in [1.54, 1.807) is 6.92 Å². The Hall–Kier alpha value is -1.84. The van der Waals surface area contributed by atoms with Crippen LogP contribution in [0.1, 0.15) is 31.4 Å². The zero-order valence-electron chi connectivity index (χ0n) is 13.2. The number of hydrogen-bond donors (Lipinski definition) is 1. The highest BCUT2D eigenvalue weighted by molar-refractivity contribution is 5.67. The van der Waals surface area contributed by atoms with Crippen LogP contribution in [0.2, 0.25) is 0 Å². The lowest BCUT2D eigenvalue weighted by atomic mass is 9.71. The van der Waals surface area contributed by atoms with E-state index < -0.39 is 11.5 Å². The quantitative estimate of drug-likeness (QED) is 0.875. The average molecular weight is 295 g/mol. The van der Waals surface area contributed by atoms with E-state index in [0.29, 0.717) is 6.42 Å². The number of ether oxygens (including phenoxy) is 1. The number of rotatable bonds is 1. The Bertz CT molecular complexity index is 727. The molecule has 3 atom stereocenters. The van der Waals surface area contributed by atoms with Crippen LogP contribution in [0.15, 0.2) is 54.6 Å². The van der Waals surface area contributed by atoms with E-state index in [4.69, 9.17) is 4.74 Å². The second kappa shape index (κ2) is 4.12. The molecule has 0 radical (unpaired) electrons. The molecule has 1 saturated heterocycles. The fourth-order valence-corrected chi connectivity index (χ4v) is 4.60. The molecule has 0 amide bonds. The van der Waals surface area contributed by atoms with Crippen molar-refractivity contribution in [3.63, 3.8) is 0 Å². The van der Waals surface area contributed by atoms with Gasteiger partial charge in [0.15, 0.2) is 11.5 Å². The van der Waals surface area contributed by atoms with Crippen LogP contribution in [0, 0.1) is 0 Å². The van der Waals surface area contributed by atoms with Gasteiger partial charge in [-0.1, -0.05) is 55.5 Å². The van der Waals surface area contributed by atoms with Crippen LogP contribution in [-0.4, -0.2) is 17.9 Å². The summed E-state index contributed by atoms with van der Waals surface area (Å²) in [5, 5.41) is 10.7. The smallest absolute Gasteiger partial charge is 0.180 e. The highest BCUT2D eigenvalue weighted by Crippen LogP contribution is 2.64. The molecule has 2 aliphatic heterocycles. The normalized spacial score (nSPS) is 36.3. The van der Waals surface area contributed by atoms with E-state index in [1.807, 2.05) is 18.2 Å². The average Bonchev–Trinajstić information content (AvgIpc) is 2.84. The molecule has 1 N–H and O–H groups in total. The molecule has 0 spiro atoms. The van der Waals surface area contributed by atoms with Crippen LogP contribution in [0.4, 0.5) is 5.69 Å². The van der Waals surface area contributed by atoms with Crippen LogP contribution < -0.4 is 4.90 Å². The second-order valence-corrected chi connectivity index (χ2v) is 6.87. The number of nitrogens with zero attached hydrogens (tertiary/aromatic N) is 1. The molecule has 2 aromatic rings. The SMILES string of the molecule is CN1c2ccccc2[C@@]2(C)C[C@](C)(O)O[C@@]12c1ccccc1. The molecule has 22 heavy (non-hydrogen) atoms. The van der Waals surface area contributed by atoms with Gasteiger partial charge in [-0.05, 0) is 18.6 Å². The number of aliphatic hydroxyl groups is 1. The first-order valence-corrected chi connectivity index (χ1v) is 7.72. The molecule has 2 heterocycles. The Balaban J connectivity index is 2.03. The first-order chi connectivity index (χ1) is 10.4. The topological polar surface area (TPSA) is 32.7 Å². The monoisotopic (exact) mass is 295 g/mol. The zero-order valence-corrected chi connectivity index (χ0v) is 13.2. The lowest BCUT2D eigenvalue weighted by Crippen LogP contribution is -2.51. The van der Waals surface area contributed by atoms with Crippen LogP contribution in [0.25, 0.3) is 0 Å². The van der Waals surface area contributed by atoms with Gasteiger partial charge in [0, 0.05) is 24.7 Å². The Morgan fingerprint density at radius 1 is 1.00 bits per heavy atom. The largest absolute Gasteiger partial charge is 0.366 e. The van der Waals surface area contributed by atoms with E-state index in [9.17, 15) is 5.11 Å². The van der Waals surface area contributed by atoms with Gasteiger partial charge in [-0.25, -0.2) is 0 Å². The summed E-state index contributed by atoms with van der Waals surface area (Å²) in [5.74, 6) is -1.15. The number of para-hydroxylation sites is 1. The number of anilines is 1. The predicted octanol–water partition coefficient (Wildman–Crippen LogP) is 3.38. The van der Waals surface area contributed by atoms with Crippen molar-refractivity contribution in [2.75, 3.05) is 11.9 Å². The van der Waals surface area contributed by atoms with Gasteiger partial charge in [0.1, 0.15) is 0 Å². The van der Waals surface area contributed by atoms with Gasteiger partial charge in [-0.2, -0.15) is 0 Å². The van der Waals surface area contributed by atoms with Crippen LogP contribution in [0.5, 0.6) is 0 Å². The first-order valence-electron chi connectivity index (χ1n) is 7.72. The van der Waals surface area contributed by atoms with Crippen molar-refractivity contribution in [2.24, 2.45) is 0 Å². The van der Waals surface area contributed by atoms with Crippen molar-refractivity contribution in [3.05, 3.63) is 65.7 Å². The summed E-state index contributed by atoms with van der Waals surface area (Å²) in [6.45, 7) is 3.96. The van der Waals surface area contributed by atoms with E-state index in [2.05, 4.69) is 55.3 Å². The molecule has 0 aliphatic carbocycles. The fraction of sp³-hybridized carbons (Fsp3) is 0.368. The van der Waals surface area contributed by atoms with Gasteiger partial charge in [0.25, 0.3) is 0 Å². The summed E-state index contributed by atoms with van der Waals surface area (Å²) in [5.41, 5.74) is 2.50. The summed E-state index contributed by atoms with van der Waals surface area (Å²) in [6, 6.07) is 18.6. The molecule has 1 fully saturated rings. The van der Waals surface area contributed by atoms with Gasteiger partial charge in [-0.3, -0.25) is 0 Å². The zero-order chi connectivity index (χ0) is 15.6. The maximum Gasteiger partial charge on any atom is 0.180 e. The van der Waals surface area contributed by atoms with E-state index in [1.165, 1.54) is 11.3 Å². The van der Waals surface area contributed by atoms with E-state index >= 15 is 0 Å². The minimum atomic E-state index is -1.15. The highest BCUT2D eigenvalue weighted by atomic mass is 16.7. The first kappa shape index (κ1) is 13.8. The molecular weight excluding hydrogens is 274 g/mol. The third kappa shape index (κ3) is 1.48. The molecule has 0 aromatic heterocycles. The summed E-state index contributed by atoms with van der Waals surface area (Å²) in [6.07, 6.45) is 0.566. The van der Waals surface area contributed by atoms with Crippen LogP contribution >= 0.6 is 0 Å². The van der Waals surface area contributed by atoms with E-state index in [0.717, 1.165) is 5.56 Å². The Labute approximate surface area is 131 Å². The van der Waals surface area contributed by atoms with E-state index in [-0.39, 0.29) is 5.41 Å². The molecule has 0 bridgehead atoms. The third-order valence-corrected chi connectivity index (χ3v) is 5.29. The Morgan fingerprint density at radius 3 is 2.36 bits per heavy atom. The minimum absolute atomic E-state index is 0.302. The summed E-state index contributed by atoms with van der Waals surface area (Å²) < 4.78 is 6.33. The summed E-state index contributed by atoms with van der Waals surface area (Å²) in [4.78, 5) is 2.18. The van der Waals surface area contributed by atoms with Crippen LogP contribution in [0.3, 0.4) is 0 Å². The molecule has 0 saturated carbocycles. The van der Waals surface area contributed by atoms with Crippen molar-refractivity contribution in [1.29, 1.82) is 0 Å². The Kier molecular flexibility index (Phi) is 2.58. The Morgan fingerprint density at radius 2 is 1.64 bits per heavy atom. The predicted molar refractivity (Wildman–Crippen MR) is 86.6 cm³/mol. The van der Waals surface area contributed by atoms with Gasteiger partial charge >= 0.3 is 0 Å². The van der Waals surface area contributed by atoms with Crippen molar-refractivity contribution in [3.8, 4) is 0 Å². The van der Waals surface area contributed by atoms with Crippen molar-refractivity contribution < 1.29 is 9.84 Å². The maximum absolute atomic E-state index is 10.7. The standard InChI is InChI=1S/C19H21NO2/c1-17-13-18(2,21)22-19(17,14-9-5-4-6-10-14)20(3)16-12-8-7-11-15(16)17/h4-12,21H,13H2,1-3H3/t17-,18-,19-/m1/s1. The molecule has 2 aromatic carbocycles. The molecule has 114 valence electrons.